The molecule has 2 rings (SSSR count). The highest BCUT2D eigenvalue weighted by Gasteiger charge is 2.01. The number of nitrogens with zero attached hydrogens (tertiary/aromatic N) is 1. The van der Waals surface area contributed by atoms with E-state index in [-0.39, 0.29) is 6.61 Å². The molecule has 1 aromatic carbocycles. The van der Waals surface area contributed by atoms with Crippen molar-refractivity contribution in [3.63, 3.8) is 0 Å². The first-order valence-electron chi connectivity index (χ1n) is 5.79. The molecule has 0 aliphatic rings. The summed E-state index contributed by atoms with van der Waals surface area (Å²) in [6.07, 6.45) is 0. The van der Waals surface area contributed by atoms with Crippen molar-refractivity contribution >= 4 is 22.9 Å². The van der Waals surface area contributed by atoms with Gasteiger partial charge in [-0.2, -0.15) is 0 Å². The van der Waals surface area contributed by atoms with Crippen LogP contribution in [0, 0.1) is 6.92 Å². The second kappa shape index (κ2) is 6.19. The van der Waals surface area contributed by atoms with Gasteiger partial charge in [0.2, 0.25) is 0 Å². The van der Waals surface area contributed by atoms with Crippen LogP contribution in [0.4, 0.5) is 5.69 Å². The minimum atomic E-state index is -0.490. The van der Waals surface area contributed by atoms with E-state index in [1.165, 1.54) is 0 Å². The second-order valence-electron chi connectivity index (χ2n) is 3.99. The maximum atomic E-state index is 10.6. The molecule has 6 heteroatoms. The predicted octanol–water partition coefficient (Wildman–Crippen LogP) is 1.93. The Bertz CT molecular complexity index is 569. The molecule has 0 saturated heterocycles. The number of benzene rings is 1. The van der Waals surface area contributed by atoms with E-state index in [9.17, 15) is 4.79 Å². The highest BCUT2D eigenvalue weighted by Crippen LogP contribution is 2.18. The molecule has 19 heavy (non-hydrogen) atoms. The SMILES string of the molecule is Cc1nc(CNc2cccc(OCC(N)=O)c2)cs1. The minimum Gasteiger partial charge on any atom is -0.484 e. The second-order valence-corrected chi connectivity index (χ2v) is 5.06. The van der Waals surface area contributed by atoms with Gasteiger partial charge in [-0.3, -0.25) is 4.79 Å². The Labute approximate surface area is 115 Å². The lowest BCUT2D eigenvalue weighted by molar-refractivity contribution is -0.119. The van der Waals surface area contributed by atoms with Gasteiger partial charge in [-0.05, 0) is 19.1 Å². The predicted molar refractivity (Wildman–Crippen MR) is 75.3 cm³/mol. The van der Waals surface area contributed by atoms with E-state index in [1.807, 2.05) is 30.5 Å². The molecule has 0 unspecified atom stereocenters. The molecule has 0 aliphatic heterocycles. The lowest BCUT2D eigenvalue weighted by Gasteiger charge is -2.08. The number of rotatable bonds is 6. The fourth-order valence-corrected chi connectivity index (χ4v) is 2.14. The van der Waals surface area contributed by atoms with Gasteiger partial charge in [0.1, 0.15) is 5.75 Å². The molecule has 0 fully saturated rings. The van der Waals surface area contributed by atoms with Gasteiger partial charge in [-0.15, -0.1) is 11.3 Å². The van der Waals surface area contributed by atoms with Crippen LogP contribution in [0.1, 0.15) is 10.7 Å². The van der Waals surface area contributed by atoms with Crippen molar-refractivity contribution in [3.05, 3.63) is 40.3 Å². The quantitative estimate of drug-likeness (QED) is 0.845. The van der Waals surface area contributed by atoms with Crippen LogP contribution in [-0.4, -0.2) is 17.5 Å². The monoisotopic (exact) mass is 277 g/mol. The number of thiazole rings is 1. The van der Waals surface area contributed by atoms with E-state index in [2.05, 4.69) is 10.3 Å². The van der Waals surface area contributed by atoms with Crippen LogP contribution in [-0.2, 0) is 11.3 Å². The van der Waals surface area contributed by atoms with E-state index in [1.54, 1.807) is 17.4 Å². The third kappa shape index (κ3) is 4.26. The average molecular weight is 277 g/mol. The molecule has 1 amide bonds. The molecular formula is C13H15N3O2S. The van der Waals surface area contributed by atoms with Gasteiger partial charge in [-0.1, -0.05) is 6.07 Å². The van der Waals surface area contributed by atoms with Crippen LogP contribution in [0.2, 0.25) is 0 Å². The Balaban J connectivity index is 1.93. The number of aryl methyl sites for hydroxylation is 1. The Morgan fingerprint density at radius 3 is 3.05 bits per heavy atom. The minimum absolute atomic E-state index is 0.116. The Morgan fingerprint density at radius 2 is 2.37 bits per heavy atom. The summed E-state index contributed by atoms with van der Waals surface area (Å²) in [5.74, 6) is 0.120. The fourth-order valence-electron chi connectivity index (χ4n) is 1.53. The molecule has 0 saturated carbocycles. The molecule has 0 bridgehead atoms. The molecule has 100 valence electrons. The van der Waals surface area contributed by atoms with Crippen molar-refractivity contribution in [1.29, 1.82) is 0 Å². The van der Waals surface area contributed by atoms with Crippen LogP contribution in [0.25, 0.3) is 0 Å². The number of aromatic nitrogens is 1. The van der Waals surface area contributed by atoms with Gasteiger partial charge < -0.3 is 15.8 Å². The van der Waals surface area contributed by atoms with Crippen LogP contribution < -0.4 is 15.8 Å². The smallest absolute Gasteiger partial charge is 0.255 e. The van der Waals surface area contributed by atoms with Crippen molar-refractivity contribution < 1.29 is 9.53 Å². The fraction of sp³-hybridized carbons (Fsp3) is 0.231. The molecular weight excluding hydrogens is 262 g/mol. The van der Waals surface area contributed by atoms with Gasteiger partial charge >= 0.3 is 0 Å². The van der Waals surface area contributed by atoms with E-state index < -0.39 is 5.91 Å². The number of ether oxygens (including phenoxy) is 1. The summed E-state index contributed by atoms with van der Waals surface area (Å²) in [5.41, 5.74) is 6.94. The van der Waals surface area contributed by atoms with E-state index >= 15 is 0 Å². The molecule has 0 spiro atoms. The molecule has 0 aliphatic carbocycles. The molecule has 1 heterocycles. The largest absolute Gasteiger partial charge is 0.484 e. The van der Waals surface area contributed by atoms with Crippen LogP contribution >= 0.6 is 11.3 Å². The normalized spacial score (nSPS) is 10.2. The molecule has 0 atom stereocenters. The lowest BCUT2D eigenvalue weighted by Crippen LogP contribution is -2.20. The number of amides is 1. The zero-order valence-electron chi connectivity index (χ0n) is 10.6. The van der Waals surface area contributed by atoms with E-state index in [4.69, 9.17) is 10.5 Å². The first kappa shape index (κ1) is 13.4. The molecule has 0 radical (unpaired) electrons. The Kier molecular flexibility index (Phi) is 4.35. The summed E-state index contributed by atoms with van der Waals surface area (Å²) in [4.78, 5) is 15.0. The number of anilines is 1. The van der Waals surface area contributed by atoms with Gasteiger partial charge in [0, 0.05) is 17.1 Å². The standard InChI is InChI=1S/C13H15N3O2S/c1-9-16-11(8-19-9)6-15-10-3-2-4-12(5-10)18-7-13(14)17/h2-5,8,15H,6-7H2,1H3,(H2,14,17). The summed E-state index contributed by atoms with van der Waals surface area (Å²) in [7, 11) is 0. The van der Waals surface area contributed by atoms with Crippen molar-refractivity contribution in [2.75, 3.05) is 11.9 Å². The highest BCUT2D eigenvalue weighted by molar-refractivity contribution is 7.09. The molecule has 3 N–H and O–H groups in total. The number of nitrogens with two attached hydrogens (primary N) is 1. The first-order chi connectivity index (χ1) is 9.13. The first-order valence-corrected chi connectivity index (χ1v) is 6.67. The third-order valence-electron chi connectivity index (χ3n) is 2.36. The van der Waals surface area contributed by atoms with E-state index in [0.717, 1.165) is 16.4 Å². The van der Waals surface area contributed by atoms with Crippen molar-refractivity contribution in [3.8, 4) is 5.75 Å². The Morgan fingerprint density at radius 1 is 1.53 bits per heavy atom. The molecule has 1 aromatic heterocycles. The van der Waals surface area contributed by atoms with Gasteiger partial charge in [0.15, 0.2) is 6.61 Å². The number of hydrogen-bond acceptors (Lipinski definition) is 5. The number of primary amides is 1. The lowest BCUT2D eigenvalue weighted by atomic mass is 10.3. The van der Waals surface area contributed by atoms with Crippen molar-refractivity contribution in [1.82, 2.24) is 4.98 Å². The van der Waals surface area contributed by atoms with Gasteiger partial charge in [-0.25, -0.2) is 4.98 Å². The number of hydrogen-bond donors (Lipinski definition) is 2. The maximum Gasteiger partial charge on any atom is 0.255 e. The third-order valence-corrected chi connectivity index (χ3v) is 3.18. The van der Waals surface area contributed by atoms with Crippen LogP contribution in [0.3, 0.4) is 0 Å². The van der Waals surface area contributed by atoms with Crippen molar-refractivity contribution in [2.24, 2.45) is 5.73 Å². The average Bonchev–Trinajstić information content (AvgIpc) is 2.80. The number of carbonyl (C=O) groups is 1. The molecule has 2 aromatic rings. The summed E-state index contributed by atoms with van der Waals surface area (Å²) in [6, 6.07) is 7.38. The summed E-state index contributed by atoms with van der Waals surface area (Å²) in [6.45, 7) is 2.52. The number of nitrogens with one attached hydrogen (secondary N) is 1. The van der Waals surface area contributed by atoms with E-state index in [0.29, 0.717) is 12.3 Å². The summed E-state index contributed by atoms with van der Waals surface area (Å²) >= 11 is 1.63. The summed E-state index contributed by atoms with van der Waals surface area (Å²) in [5, 5.41) is 6.33. The van der Waals surface area contributed by atoms with Crippen LogP contribution in [0.5, 0.6) is 5.75 Å². The molecule has 5 nitrogen and oxygen atoms in total. The highest BCUT2D eigenvalue weighted by atomic mass is 32.1. The van der Waals surface area contributed by atoms with Gasteiger partial charge in [0.25, 0.3) is 5.91 Å². The number of carbonyl (C=O) groups excluding carboxylic acids is 1. The van der Waals surface area contributed by atoms with Gasteiger partial charge in [0.05, 0.1) is 17.2 Å². The topological polar surface area (TPSA) is 77.2 Å². The van der Waals surface area contributed by atoms with Crippen LogP contribution in [0.15, 0.2) is 29.6 Å². The maximum absolute atomic E-state index is 10.6. The van der Waals surface area contributed by atoms with Crippen molar-refractivity contribution in [2.45, 2.75) is 13.5 Å². The zero-order chi connectivity index (χ0) is 13.7. The summed E-state index contributed by atoms with van der Waals surface area (Å²) < 4.78 is 5.24. The Hall–Kier alpha value is -2.08. The zero-order valence-corrected chi connectivity index (χ0v) is 11.4.